The molecule has 1 aliphatic carbocycles. The number of ether oxygens (including phenoxy) is 1. The number of amides is 3. The van der Waals surface area contributed by atoms with Crippen LogP contribution < -0.4 is 15.5 Å². The van der Waals surface area contributed by atoms with Gasteiger partial charge in [-0.2, -0.15) is 0 Å². The van der Waals surface area contributed by atoms with Gasteiger partial charge < -0.3 is 20.1 Å². The van der Waals surface area contributed by atoms with E-state index < -0.39 is 23.8 Å². The lowest BCUT2D eigenvalue weighted by atomic mass is 10.0. The van der Waals surface area contributed by atoms with E-state index in [9.17, 15) is 14.4 Å². The zero-order valence-corrected chi connectivity index (χ0v) is 17.1. The fourth-order valence-corrected chi connectivity index (χ4v) is 3.28. The molecule has 0 aliphatic heterocycles. The smallest absolute Gasteiger partial charge is 0.275 e. The van der Waals surface area contributed by atoms with Gasteiger partial charge in [0, 0.05) is 18.7 Å². The van der Waals surface area contributed by atoms with E-state index in [1.807, 2.05) is 12.1 Å². The maximum absolute atomic E-state index is 13.1. The lowest BCUT2D eigenvalue weighted by molar-refractivity contribution is -0.141. The van der Waals surface area contributed by atoms with Crippen LogP contribution in [0.1, 0.15) is 23.2 Å². The molecule has 0 saturated heterocycles. The van der Waals surface area contributed by atoms with Crippen molar-refractivity contribution in [2.75, 3.05) is 20.3 Å². The molecule has 2 aromatic carbocycles. The highest BCUT2D eigenvalue weighted by molar-refractivity contribution is 6.09. The van der Waals surface area contributed by atoms with Gasteiger partial charge in [-0.05, 0) is 48.2 Å². The Labute approximate surface area is 179 Å². The SMILES string of the molecule is CNC(=O)C(C(=O)NO)N(C(=O)c1ccc(-c2ccc(OCCO)cc2)cc1)C1CC1. The molecule has 1 atom stereocenters. The molecule has 1 saturated carbocycles. The minimum Gasteiger partial charge on any atom is -0.491 e. The monoisotopic (exact) mass is 427 g/mol. The Kier molecular flexibility index (Phi) is 7.22. The fourth-order valence-electron chi connectivity index (χ4n) is 3.28. The Morgan fingerprint density at radius 3 is 2.10 bits per heavy atom. The first-order valence-corrected chi connectivity index (χ1v) is 9.92. The molecule has 1 unspecified atom stereocenters. The first-order valence-electron chi connectivity index (χ1n) is 9.92. The van der Waals surface area contributed by atoms with Crippen molar-refractivity contribution in [2.24, 2.45) is 0 Å². The summed E-state index contributed by atoms with van der Waals surface area (Å²) in [4.78, 5) is 38.7. The average molecular weight is 427 g/mol. The Morgan fingerprint density at radius 2 is 1.61 bits per heavy atom. The standard InChI is InChI=1S/C22H25N3O6/c1-23-20(27)19(21(28)24-30)25(17-8-9-17)22(29)16-4-2-14(3-5-16)15-6-10-18(11-7-15)31-13-12-26/h2-7,10-11,17,19,26,30H,8-9,12-13H2,1H3,(H,23,27)(H,24,28). The van der Waals surface area contributed by atoms with E-state index in [0.29, 0.717) is 24.2 Å². The molecule has 3 amide bonds. The predicted molar refractivity (Wildman–Crippen MR) is 111 cm³/mol. The number of benzene rings is 2. The molecule has 1 aliphatic rings. The molecule has 1 fully saturated rings. The van der Waals surface area contributed by atoms with Crippen LogP contribution in [0.25, 0.3) is 11.1 Å². The van der Waals surface area contributed by atoms with Crippen molar-refractivity contribution >= 4 is 17.7 Å². The van der Waals surface area contributed by atoms with Gasteiger partial charge in [0.05, 0.1) is 6.61 Å². The number of aliphatic hydroxyl groups excluding tert-OH is 1. The van der Waals surface area contributed by atoms with Crippen molar-refractivity contribution in [2.45, 2.75) is 24.9 Å². The Hall–Kier alpha value is -3.43. The molecule has 9 nitrogen and oxygen atoms in total. The molecule has 9 heteroatoms. The van der Waals surface area contributed by atoms with E-state index in [-0.39, 0.29) is 19.3 Å². The molecule has 3 rings (SSSR count). The second-order valence-corrected chi connectivity index (χ2v) is 7.11. The third kappa shape index (κ3) is 5.19. The van der Waals surface area contributed by atoms with Gasteiger partial charge in [0.25, 0.3) is 17.7 Å². The minimum absolute atomic E-state index is 0.0597. The fraction of sp³-hybridized carbons (Fsp3) is 0.318. The molecule has 4 N–H and O–H groups in total. The van der Waals surface area contributed by atoms with Gasteiger partial charge in [-0.1, -0.05) is 24.3 Å². The van der Waals surface area contributed by atoms with Crippen LogP contribution in [0, 0.1) is 0 Å². The van der Waals surface area contributed by atoms with Crippen LogP contribution in [-0.2, 0) is 9.59 Å². The zero-order valence-electron chi connectivity index (χ0n) is 17.1. The first kappa shape index (κ1) is 22.3. The van der Waals surface area contributed by atoms with Crippen molar-refractivity contribution in [3.05, 3.63) is 54.1 Å². The summed E-state index contributed by atoms with van der Waals surface area (Å²) in [5, 5.41) is 20.2. The number of rotatable bonds is 9. The first-order chi connectivity index (χ1) is 15.0. The number of nitrogens with zero attached hydrogens (tertiary/aromatic N) is 1. The molecule has 0 heterocycles. The van der Waals surface area contributed by atoms with Gasteiger partial charge in [0.15, 0.2) is 6.04 Å². The van der Waals surface area contributed by atoms with Crippen LogP contribution in [0.3, 0.4) is 0 Å². The van der Waals surface area contributed by atoms with Gasteiger partial charge in [-0.3, -0.25) is 19.6 Å². The number of likely N-dealkylation sites (N-methyl/N-ethyl adjacent to an activating group) is 1. The van der Waals surface area contributed by atoms with Gasteiger partial charge in [-0.15, -0.1) is 0 Å². The molecule has 0 aromatic heterocycles. The summed E-state index contributed by atoms with van der Waals surface area (Å²) in [6, 6.07) is 12.5. The average Bonchev–Trinajstić information content (AvgIpc) is 3.65. The summed E-state index contributed by atoms with van der Waals surface area (Å²) in [7, 11) is 1.37. The normalized spacial score (nSPS) is 13.8. The lowest BCUT2D eigenvalue weighted by Gasteiger charge is -2.29. The molecule has 2 aromatic rings. The highest BCUT2D eigenvalue weighted by Gasteiger charge is 2.44. The number of aliphatic hydroxyl groups is 1. The summed E-state index contributed by atoms with van der Waals surface area (Å²) >= 11 is 0. The topological polar surface area (TPSA) is 128 Å². The Balaban J connectivity index is 1.80. The van der Waals surface area contributed by atoms with Crippen LogP contribution in [0.15, 0.2) is 48.5 Å². The van der Waals surface area contributed by atoms with Crippen molar-refractivity contribution in [3.63, 3.8) is 0 Å². The predicted octanol–water partition coefficient (Wildman–Crippen LogP) is 0.949. The van der Waals surface area contributed by atoms with Crippen LogP contribution in [0.4, 0.5) is 0 Å². The Morgan fingerprint density at radius 1 is 1.03 bits per heavy atom. The Bertz CT molecular complexity index is 909. The maximum Gasteiger partial charge on any atom is 0.275 e. The maximum atomic E-state index is 13.1. The summed E-state index contributed by atoms with van der Waals surface area (Å²) in [5.74, 6) is -1.45. The van der Waals surface area contributed by atoms with Gasteiger partial charge in [0.1, 0.15) is 12.4 Å². The number of nitrogens with one attached hydrogen (secondary N) is 2. The van der Waals surface area contributed by atoms with Crippen molar-refractivity contribution in [3.8, 4) is 16.9 Å². The molecule has 164 valence electrons. The second-order valence-electron chi connectivity index (χ2n) is 7.11. The number of hydrogen-bond donors (Lipinski definition) is 4. The highest BCUT2D eigenvalue weighted by Crippen LogP contribution is 2.31. The van der Waals surface area contributed by atoms with E-state index in [4.69, 9.17) is 15.1 Å². The third-order valence-corrected chi connectivity index (χ3v) is 4.99. The molecular weight excluding hydrogens is 402 g/mol. The van der Waals surface area contributed by atoms with E-state index in [0.717, 1.165) is 11.1 Å². The minimum atomic E-state index is -1.46. The van der Waals surface area contributed by atoms with Gasteiger partial charge in [-0.25, -0.2) is 5.48 Å². The van der Waals surface area contributed by atoms with E-state index >= 15 is 0 Å². The molecule has 0 radical (unpaired) electrons. The summed E-state index contributed by atoms with van der Waals surface area (Å²) < 4.78 is 5.35. The number of hydrogen-bond acceptors (Lipinski definition) is 6. The van der Waals surface area contributed by atoms with Crippen LogP contribution in [0.5, 0.6) is 5.75 Å². The van der Waals surface area contributed by atoms with E-state index in [1.165, 1.54) is 17.4 Å². The molecule has 31 heavy (non-hydrogen) atoms. The molecular formula is C22H25N3O6. The van der Waals surface area contributed by atoms with Gasteiger partial charge >= 0.3 is 0 Å². The summed E-state index contributed by atoms with van der Waals surface area (Å²) in [5.41, 5.74) is 3.60. The number of hydroxylamine groups is 1. The van der Waals surface area contributed by atoms with Crippen molar-refractivity contribution in [1.82, 2.24) is 15.7 Å². The third-order valence-electron chi connectivity index (χ3n) is 4.99. The highest BCUT2D eigenvalue weighted by atomic mass is 16.5. The largest absolute Gasteiger partial charge is 0.491 e. The van der Waals surface area contributed by atoms with Crippen LogP contribution >= 0.6 is 0 Å². The van der Waals surface area contributed by atoms with E-state index in [1.54, 1.807) is 36.4 Å². The molecule has 0 spiro atoms. The molecule has 0 bridgehead atoms. The quantitative estimate of drug-likeness (QED) is 0.268. The zero-order chi connectivity index (χ0) is 22.4. The summed E-state index contributed by atoms with van der Waals surface area (Å²) in [6.07, 6.45) is 1.36. The van der Waals surface area contributed by atoms with Gasteiger partial charge in [0.2, 0.25) is 0 Å². The van der Waals surface area contributed by atoms with Crippen LogP contribution in [0.2, 0.25) is 0 Å². The van der Waals surface area contributed by atoms with E-state index in [2.05, 4.69) is 5.32 Å². The second kappa shape index (κ2) is 10.1. The van der Waals surface area contributed by atoms with Crippen molar-refractivity contribution < 1.29 is 29.4 Å². The number of carbonyl (C=O) groups excluding carboxylic acids is 3. The van der Waals surface area contributed by atoms with Crippen molar-refractivity contribution in [1.29, 1.82) is 0 Å². The number of carbonyl (C=O) groups is 3. The van der Waals surface area contributed by atoms with Crippen LogP contribution in [-0.4, -0.2) is 65.3 Å². The lowest BCUT2D eigenvalue weighted by Crippen LogP contribution is -2.57. The summed E-state index contributed by atoms with van der Waals surface area (Å²) in [6.45, 7) is 0.162.